The summed E-state index contributed by atoms with van der Waals surface area (Å²) < 4.78 is 13.6. The highest BCUT2D eigenvalue weighted by atomic mass is 19.1. The zero-order valence-electron chi connectivity index (χ0n) is 10.5. The van der Waals surface area contributed by atoms with Crippen LogP contribution in [0, 0.1) is 11.2 Å². The maximum absolute atomic E-state index is 13.6. The lowest BCUT2D eigenvalue weighted by molar-refractivity contribution is 0.0696. The first-order valence-electron chi connectivity index (χ1n) is 5.51. The molecule has 94 valence electrons. The Morgan fingerprint density at radius 1 is 1.41 bits per heavy atom. The average Bonchev–Trinajstić information content (AvgIpc) is 2.19. The molecular weight excluding hydrogens is 221 g/mol. The van der Waals surface area contributed by atoms with Gasteiger partial charge in [-0.25, -0.2) is 9.18 Å². The smallest absolute Gasteiger partial charge is 0.335 e. The van der Waals surface area contributed by atoms with Crippen LogP contribution in [0.1, 0.15) is 38.1 Å². The summed E-state index contributed by atoms with van der Waals surface area (Å²) in [7, 11) is 0. The predicted octanol–water partition coefficient (Wildman–Crippen LogP) is 3.37. The van der Waals surface area contributed by atoms with Crippen LogP contribution in [0.5, 0.6) is 0 Å². The molecule has 3 nitrogen and oxygen atoms in total. The summed E-state index contributed by atoms with van der Waals surface area (Å²) in [6.45, 7) is 8.11. The van der Waals surface area contributed by atoms with E-state index in [-0.39, 0.29) is 17.0 Å². The number of carbonyl (C=O) groups is 1. The van der Waals surface area contributed by atoms with Crippen LogP contribution in [-0.4, -0.2) is 17.1 Å². The number of nitrogens with one attached hydrogen (secondary N) is 1. The monoisotopic (exact) mass is 239 g/mol. The lowest BCUT2D eigenvalue weighted by Crippen LogP contribution is -2.31. The van der Waals surface area contributed by atoms with Gasteiger partial charge in [-0.3, -0.25) is 0 Å². The zero-order chi connectivity index (χ0) is 13.2. The Hall–Kier alpha value is -1.58. The van der Waals surface area contributed by atoms with Crippen LogP contribution in [-0.2, 0) is 0 Å². The largest absolute Gasteiger partial charge is 0.478 e. The molecule has 1 rings (SSSR count). The number of anilines is 1. The number of halogens is 1. The third-order valence-electron chi connectivity index (χ3n) is 2.89. The normalized spacial score (nSPS) is 13.2. The van der Waals surface area contributed by atoms with E-state index in [9.17, 15) is 9.18 Å². The van der Waals surface area contributed by atoms with Crippen molar-refractivity contribution in [3.63, 3.8) is 0 Å². The maximum Gasteiger partial charge on any atom is 0.335 e. The Labute approximate surface area is 101 Å². The molecule has 0 spiro atoms. The van der Waals surface area contributed by atoms with Gasteiger partial charge in [0.25, 0.3) is 0 Å². The number of carboxylic acid groups (broad SMARTS) is 1. The van der Waals surface area contributed by atoms with Crippen molar-refractivity contribution >= 4 is 11.7 Å². The second-order valence-corrected chi connectivity index (χ2v) is 5.23. The molecule has 0 bridgehead atoms. The number of benzene rings is 1. The van der Waals surface area contributed by atoms with Crippen LogP contribution in [0.15, 0.2) is 18.2 Å². The van der Waals surface area contributed by atoms with Crippen LogP contribution in [0.4, 0.5) is 10.1 Å². The van der Waals surface area contributed by atoms with Crippen LogP contribution < -0.4 is 5.32 Å². The van der Waals surface area contributed by atoms with E-state index < -0.39 is 11.8 Å². The highest BCUT2D eigenvalue weighted by molar-refractivity contribution is 5.88. The fourth-order valence-electron chi connectivity index (χ4n) is 1.21. The van der Waals surface area contributed by atoms with Crippen LogP contribution >= 0.6 is 0 Å². The van der Waals surface area contributed by atoms with E-state index in [1.165, 1.54) is 12.1 Å². The molecule has 0 aliphatic carbocycles. The van der Waals surface area contributed by atoms with Gasteiger partial charge in [-0.15, -0.1) is 0 Å². The van der Waals surface area contributed by atoms with E-state index in [1.807, 2.05) is 27.7 Å². The molecule has 0 aliphatic rings. The van der Waals surface area contributed by atoms with Gasteiger partial charge >= 0.3 is 5.97 Å². The van der Waals surface area contributed by atoms with Gasteiger partial charge in [0, 0.05) is 6.04 Å². The molecule has 0 heterocycles. The Bertz CT molecular complexity index is 424. The van der Waals surface area contributed by atoms with Crippen molar-refractivity contribution < 1.29 is 14.3 Å². The zero-order valence-corrected chi connectivity index (χ0v) is 10.5. The first-order valence-corrected chi connectivity index (χ1v) is 5.51. The van der Waals surface area contributed by atoms with E-state index in [2.05, 4.69) is 5.32 Å². The Morgan fingerprint density at radius 2 is 2.00 bits per heavy atom. The molecule has 1 aromatic rings. The van der Waals surface area contributed by atoms with E-state index >= 15 is 0 Å². The highest BCUT2D eigenvalue weighted by Gasteiger charge is 2.20. The number of hydrogen-bond acceptors (Lipinski definition) is 2. The molecule has 0 saturated heterocycles. The number of rotatable bonds is 3. The van der Waals surface area contributed by atoms with Gasteiger partial charge in [0.1, 0.15) is 5.82 Å². The minimum Gasteiger partial charge on any atom is -0.478 e. The summed E-state index contributed by atoms with van der Waals surface area (Å²) >= 11 is 0. The Kier molecular flexibility index (Phi) is 3.76. The summed E-state index contributed by atoms with van der Waals surface area (Å²) in [6, 6.07) is 3.96. The molecule has 0 radical (unpaired) electrons. The minimum atomic E-state index is -1.13. The Balaban J connectivity index is 2.90. The van der Waals surface area contributed by atoms with Gasteiger partial charge in [0.15, 0.2) is 0 Å². The summed E-state index contributed by atoms with van der Waals surface area (Å²) in [5, 5.41) is 11.8. The van der Waals surface area contributed by atoms with E-state index in [4.69, 9.17) is 5.11 Å². The van der Waals surface area contributed by atoms with Crippen molar-refractivity contribution in [3.05, 3.63) is 29.6 Å². The molecule has 2 N–H and O–H groups in total. The number of hydrogen-bond donors (Lipinski definition) is 2. The van der Waals surface area contributed by atoms with Crippen molar-refractivity contribution in [3.8, 4) is 0 Å². The van der Waals surface area contributed by atoms with Crippen molar-refractivity contribution in [2.75, 3.05) is 5.32 Å². The molecule has 0 aliphatic heterocycles. The highest BCUT2D eigenvalue weighted by Crippen LogP contribution is 2.24. The molecule has 17 heavy (non-hydrogen) atoms. The van der Waals surface area contributed by atoms with E-state index in [0.717, 1.165) is 6.07 Å². The lowest BCUT2D eigenvalue weighted by Gasteiger charge is -2.29. The summed E-state index contributed by atoms with van der Waals surface area (Å²) in [4.78, 5) is 10.7. The predicted molar refractivity (Wildman–Crippen MR) is 65.9 cm³/mol. The topological polar surface area (TPSA) is 49.3 Å². The molecule has 0 fully saturated rings. The SMILES string of the molecule is CC(Nc1ccc(C(=O)O)cc1F)C(C)(C)C. The fraction of sp³-hybridized carbons (Fsp3) is 0.462. The Morgan fingerprint density at radius 3 is 2.41 bits per heavy atom. The fourth-order valence-corrected chi connectivity index (χ4v) is 1.21. The second kappa shape index (κ2) is 4.73. The first-order chi connectivity index (χ1) is 7.71. The lowest BCUT2D eigenvalue weighted by atomic mass is 9.88. The number of aromatic carboxylic acids is 1. The van der Waals surface area contributed by atoms with Crippen molar-refractivity contribution in [2.24, 2.45) is 5.41 Å². The van der Waals surface area contributed by atoms with Gasteiger partial charge in [-0.05, 0) is 30.5 Å². The van der Waals surface area contributed by atoms with E-state index in [0.29, 0.717) is 5.69 Å². The van der Waals surface area contributed by atoms with Crippen molar-refractivity contribution in [1.29, 1.82) is 0 Å². The minimum absolute atomic E-state index is 0.00207. The summed E-state index contributed by atoms with van der Waals surface area (Å²) in [5.74, 6) is -1.67. The summed E-state index contributed by atoms with van der Waals surface area (Å²) in [6.07, 6.45) is 0. The van der Waals surface area contributed by atoms with Crippen LogP contribution in [0.3, 0.4) is 0 Å². The van der Waals surface area contributed by atoms with Crippen LogP contribution in [0.2, 0.25) is 0 Å². The van der Waals surface area contributed by atoms with Gasteiger partial charge < -0.3 is 10.4 Å². The third-order valence-corrected chi connectivity index (χ3v) is 2.89. The van der Waals surface area contributed by atoms with Gasteiger partial charge in [-0.1, -0.05) is 20.8 Å². The van der Waals surface area contributed by atoms with Gasteiger partial charge in [-0.2, -0.15) is 0 Å². The standard InChI is InChI=1S/C13H18FNO2/c1-8(13(2,3)4)15-11-6-5-9(12(16)17)7-10(11)14/h5-8,15H,1-4H3,(H,16,17). The molecule has 0 amide bonds. The summed E-state index contributed by atoms with van der Waals surface area (Å²) in [5.41, 5.74) is 0.284. The average molecular weight is 239 g/mol. The molecule has 4 heteroatoms. The first kappa shape index (κ1) is 13.5. The van der Waals surface area contributed by atoms with Crippen molar-refractivity contribution in [2.45, 2.75) is 33.7 Å². The number of carboxylic acids is 1. The van der Waals surface area contributed by atoms with Gasteiger partial charge in [0.05, 0.1) is 11.3 Å². The second-order valence-electron chi connectivity index (χ2n) is 5.23. The molecule has 1 aromatic carbocycles. The molecule has 1 unspecified atom stereocenters. The maximum atomic E-state index is 13.6. The molecule has 1 atom stereocenters. The van der Waals surface area contributed by atoms with Crippen molar-refractivity contribution in [1.82, 2.24) is 0 Å². The van der Waals surface area contributed by atoms with Crippen LogP contribution in [0.25, 0.3) is 0 Å². The van der Waals surface area contributed by atoms with Gasteiger partial charge in [0.2, 0.25) is 0 Å². The quantitative estimate of drug-likeness (QED) is 0.850. The third kappa shape index (κ3) is 3.44. The molecule has 0 saturated carbocycles. The molecular formula is C13H18FNO2. The van der Waals surface area contributed by atoms with E-state index in [1.54, 1.807) is 0 Å². The molecule has 0 aromatic heterocycles.